The highest BCUT2D eigenvalue weighted by Crippen LogP contribution is 2.16. The Bertz CT molecular complexity index is 721. The summed E-state index contributed by atoms with van der Waals surface area (Å²) in [5.74, 6) is -1.05. The largest absolute Gasteiger partial charge is 0.477 e. The van der Waals surface area contributed by atoms with E-state index >= 15 is 0 Å². The van der Waals surface area contributed by atoms with E-state index in [1.807, 2.05) is 18.2 Å². The van der Waals surface area contributed by atoms with Crippen molar-refractivity contribution in [3.05, 3.63) is 48.4 Å². The van der Waals surface area contributed by atoms with E-state index in [4.69, 9.17) is 5.11 Å². The Balaban J connectivity index is 2.21. The normalized spacial score (nSPS) is 10.7. The van der Waals surface area contributed by atoms with Gasteiger partial charge in [0, 0.05) is 12.4 Å². The molecule has 0 saturated carbocycles. The average molecular weight is 240 g/mol. The number of aromatic carboxylic acids is 1. The highest BCUT2D eigenvalue weighted by Gasteiger charge is 2.13. The number of carbonyl (C=O) groups is 1. The summed E-state index contributed by atoms with van der Waals surface area (Å²) in [5, 5.41) is 13.0. The SMILES string of the molecule is O=C(O)c1cnn2ccc(-c3ccccn3)nc12. The molecule has 0 aliphatic rings. The molecule has 3 aromatic heterocycles. The third kappa shape index (κ3) is 1.60. The fraction of sp³-hybridized carbons (Fsp3) is 0. The van der Waals surface area contributed by atoms with Crippen molar-refractivity contribution in [2.45, 2.75) is 0 Å². The van der Waals surface area contributed by atoms with E-state index in [1.54, 1.807) is 18.5 Å². The van der Waals surface area contributed by atoms with Gasteiger partial charge >= 0.3 is 5.97 Å². The van der Waals surface area contributed by atoms with Crippen LogP contribution in [0, 0.1) is 0 Å². The standard InChI is InChI=1S/C12H8N4O2/c17-12(18)8-7-14-16-6-4-10(15-11(8)16)9-3-1-2-5-13-9/h1-7H,(H,17,18). The molecule has 0 saturated heterocycles. The zero-order valence-corrected chi connectivity index (χ0v) is 9.19. The van der Waals surface area contributed by atoms with Crippen molar-refractivity contribution in [1.29, 1.82) is 0 Å². The van der Waals surface area contributed by atoms with Gasteiger partial charge in [-0.25, -0.2) is 14.3 Å². The van der Waals surface area contributed by atoms with E-state index in [9.17, 15) is 4.79 Å². The number of fused-ring (bicyclic) bond motifs is 1. The molecule has 0 unspecified atom stereocenters. The lowest BCUT2D eigenvalue weighted by molar-refractivity contribution is 0.0699. The number of nitrogens with zero attached hydrogens (tertiary/aromatic N) is 4. The van der Waals surface area contributed by atoms with E-state index in [-0.39, 0.29) is 5.56 Å². The Kier molecular flexibility index (Phi) is 2.26. The summed E-state index contributed by atoms with van der Waals surface area (Å²) in [6.45, 7) is 0. The molecule has 0 radical (unpaired) electrons. The predicted octanol–water partition coefficient (Wildman–Crippen LogP) is 1.49. The molecule has 0 aromatic carbocycles. The molecular weight excluding hydrogens is 232 g/mol. The maximum atomic E-state index is 11.0. The average Bonchev–Trinajstić information content (AvgIpc) is 2.82. The summed E-state index contributed by atoms with van der Waals surface area (Å²) in [6, 6.07) is 7.22. The van der Waals surface area contributed by atoms with E-state index in [0.717, 1.165) is 0 Å². The van der Waals surface area contributed by atoms with E-state index in [1.165, 1.54) is 10.7 Å². The van der Waals surface area contributed by atoms with Gasteiger partial charge in [-0.15, -0.1) is 0 Å². The minimum atomic E-state index is -1.05. The predicted molar refractivity (Wildman–Crippen MR) is 63.2 cm³/mol. The summed E-state index contributed by atoms with van der Waals surface area (Å²) >= 11 is 0. The molecule has 3 heterocycles. The molecule has 6 heteroatoms. The first-order valence-corrected chi connectivity index (χ1v) is 5.25. The van der Waals surface area contributed by atoms with Crippen molar-refractivity contribution in [2.24, 2.45) is 0 Å². The Hall–Kier alpha value is -2.76. The summed E-state index contributed by atoms with van der Waals surface area (Å²) in [4.78, 5) is 19.5. The van der Waals surface area contributed by atoms with Crippen LogP contribution < -0.4 is 0 Å². The van der Waals surface area contributed by atoms with Crippen molar-refractivity contribution >= 4 is 11.6 Å². The van der Waals surface area contributed by atoms with Crippen LogP contribution in [0.1, 0.15) is 10.4 Å². The maximum absolute atomic E-state index is 11.0. The fourth-order valence-electron chi connectivity index (χ4n) is 1.68. The van der Waals surface area contributed by atoms with Crippen LogP contribution in [0.25, 0.3) is 17.0 Å². The summed E-state index contributed by atoms with van der Waals surface area (Å²) in [7, 11) is 0. The number of aromatic nitrogens is 4. The summed E-state index contributed by atoms with van der Waals surface area (Å²) < 4.78 is 1.43. The molecule has 0 spiro atoms. The Morgan fingerprint density at radius 1 is 1.22 bits per heavy atom. The van der Waals surface area contributed by atoms with Crippen LogP contribution in [0.3, 0.4) is 0 Å². The number of rotatable bonds is 2. The van der Waals surface area contributed by atoms with Crippen molar-refractivity contribution in [3.8, 4) is 11.4 Å². The second-order valence-electron chi connectivity index (χ2n) is 3.66. The van der Waals surface area contributed by atoms with Crippen LogP contribution in [0.5, 0.6) is 0 Å². The lowest BCUT2D eigenvalue weighted by Gasteiger charge is -2.00. The molecule has 1 N–H and O–H groups in total. The van der Waals surface area contributed by atoms with Gasteiger partial charge in [0.2, 0.25) is 0 Å². The maximum Gasteiger partial charge on any atom is 0.341 e. The van der Waals surface area contributed by atoms with Crippen LogP contribution in [0.2, 0.25) is 0 Å². The molecule has 88 valence electrons. The summed E-state index contributed by atoms with van der Waals surface area (Å²) in [5.41, 5.74) is 1.70. The molecule has 0 atom stereocenters. The lowest BCUT2D eigenvalue weighted by Crippen LogP contribution is -1.99. The van der Waals surface area contributed by atoms with Crippen molar-refractivity contribution in [2.75, 3.05) is 0 Å². The fourth-order valence-corrected chi connectivity index (χ4v) is 1.68. The van der Waals surface area contributed by atoms with Gasteiger partial charge in [-0.05, 0) is 18.2 Å². The molecule has 18 heavy (non-hydrogen) atoms. The van der Waals surface area contributed by atoms with Gasteiger partial charge in [0.1, 0.15) is 5.56 Å². The first-order chi connectivity index (χ1) is 8.75. The van der Waals surface area contributed by atoms with Crippen LogP contribution >= 0.6 is 0 Å². The van der Waals surface area contributed by atoms with Gasteiger partial charge in [0.15, 0.2) is 5.65 Å². The van der Waals surface area contributed by atoms with Crippen LogP contribution in [0.15, 0.2) is 42.9 Å². The Morgan fingerprint density at radius 3 is 2.83 bits per heavy atom. The van der Waals surface area contributed by atoms with Crippen molar-refractivity contribution < 1.29 is 9.90 Å². The number of pyridine rings is 1. The van der Waals surface area contributed by atoms with E-state index < -0.39 is 5.97 Å². The number of hydrogen-bond donors (Lipinski definition) is 1. The van der Waals surface area contributed by atoms with Gasteiger partial charge in [-0.3, -0.25) is 4.98 Å². The van der Waals surface area contributed by atoms with Crippen LogP contribution in [-0.2, 0) is 0 Å². The topological polar surface area (TPSA) is 80.4 Å². The summed E-state index contributed by atoms with van der Waals surface area (Å²) in [6.07, 6.45) is 4.61. The number of carboxylic acid groups (broad SMARTS) is 1. The minimum absolute atomic E-state index is 0.0766. The molecule has 0 aliphatic carbocycles. The second kappa shape index (κ2) is 3.92. The highest BCUT2D eigenvalue weighted by molar-refractivity contribution is 5.94. The first-order valence-electron chi connectivity index (χ1n) is 5.25. The lowest BCUT2D eigenvalue weighted by atomic mass is 10.2. The quantitative estimate of drug-likeness (QED) is 0.734. The molecule has 0 fully saturated rings. The molecular formula is C12H8N4O2. The molecule has 0 aliphatic heterocycles. The molecule has 6 nitrogen and oxygen atoms in total. The zero-order chi connectivity index (χ0) is 12.5. The molecule has 3 aromatic rings. The monoisotopic (exact) mass is 240 g/mol. The van der Waals surface area contributed by atoms with Gasteiger partial charge in [-0.1, -0.05) is 6.07 Å². The third-order valence-corrected chi connectivity index (χ3v) is 2.53. The first kappa shape index (κ1) is 10.4. The van der Waals surface area contributed by atoms with Crippen molar-refractivity contribution in [1.82, 2.24) is 19.6 Å². The minimum Gasteiger partial charge on any atom is -0.477 e. The van der Waals surface area contributed by atoms with Crippen LogP contribution in [-0.4, -0.2) is 30.7 Å². The van der Waals surface area contributed by atoms with Gasteiger partial charge in [0.05, 0.1) is 17.6 Å². The van der Waals surface area contributed by atoms with Crippen LogP contribution in [0.4, 0.5) is 0 Å². The Morgan fingerprint density at radius 2 is 2.11 bits per heavy atom. The third-order valence-electron chi connectivity index (χ3n) is 2.53. The molecule has 0 bridgehead atoms. The van der Waals surface area contributed by atoms with Gasteiger partial charge in [0.25, 0.3) is 0 Å². The number of carboxylic acids is 1. The zero-order valence-electron chi connectivity index (χ0n) is 9.19. The van der Waals surface area contributed by atoms with E-state index in [2.05, 4.69) is 15.1 Å². The van der Waals surface area contributed by atoms with Gasteiger partial charge < -0.3 is 5.11 Å². The number of hydrogen-bond acceptors (Lipinski definition) is 4. The second-order valence-corrected chi connectivity index (χ2v) is 3.66. The smallest absolute Gasteiger partial charge is 0.341 e. The molecule has 0 amide bonds. The van der Waals surface area contributed by atoms with Crippen molar-refractivity contribution in [3.63, 3.8) is 0 Å². The van der Waals surface area contributed by atoms with E-state index in [0.29, 0.717) is 17.0 Å². The Labute approximate surface area is 102 Å². The van der Waals surface area contributed by atoms with Gasteiger partial charge in [-0.2, -0.15) is 5.10 Å². The highest BCUT2D eigenvalue weighted by atomic mass is 16.4. The molecule has 3 rings (SSSR count).